The topological polar surface area (TPSA) is 64.9 Å². The standard InChI is InChI=1S/C13H11N3O/c1-8-3-2-4-9(5-8)12-11-6-10(14)7-15-13(11)17-16-12/h2-7H,14H2,1H3. The number of nitrogens with two attached hydrogens (primary N) is 1. The van der Waals surface area contributed by atoms with E-state index in [1.54, 1.807) is 6.20 Å². The molecule has 0 saturated carbocycles. The Morgan fingerprint density at radius 2 is 2.12 bits per heavy atom. The van der Waals surface area contributed by atoms with Crippen molar-refractivity contribution in [2.24, 2.45) is 0 Å². The summed E-state index contributed by atoms with van der Waals surface area (Å²) in [5.74, 6) is 0. The van der Waals surface area contributed by atoms with E-state index in [-0.39, 0.29) is 0 Å². The Labute approximate surface area is 98.1 Å². The van der Waals surface area contributed by atoms with Crippen LogP contribution in [-0.4, -0.2) is 10.1 Å². The molecule has 0 atom stereocenters. The van der Waals surface area contributed by atoms with E-state index in [9.17, 15) is 0 Å². The molecule has 3 aromatic rings. The number of nitrogens with zero attached hydrogens (tertiary/aromatic N) is 2. The minimum Gasteiger partial charge on any atom is -0.397 e. The lowest BCUT2D eigenvalue weighted by molar-refractivity contribution is 0.451. The average molecular weight is 225 g/mol. The van der Waals surface area contributed by atoms with E-state index >= 15 is 0 Å². The quantitative estimate of drug-likeness (QED) is 0.691. The third kappa shape index (κ3) is 1.63. The smallest absolute Gasteiger partial charge is 0.258 e. The fourth-order valence-electron chi connectivity index (χ4n) is 1.85. The summed E-state index contributed by atoms with van der Waals surface area (Å²) in [5, 5.41) is 4.90. The lowest BCUT2D eigenvalue weighted by Crippen LogP contribution is -1.86. The number of anilines is 1. The molecule has 0 amide bonds. The monoisotopic (exact) mass is 225 g/mol. The van der Waals surface area contributed by atoms with Crippen LogP contribution >= 0.6 is 0 Å². The Morgan fingerprint density at radius 1 is 1.24 bits per heavy atom. The van der Waals surface area contributed by atoms with E-state index in [2.05, 4.69) is 16.2 Å². The maximum Gasteiger partial charge on any atom is 0.258 e. The molecular formula is C13H11N3O. The lowest BCUT2D eigenvalue weighted by Gasteiger charge is -1.98. The third-order valence-corrected chi connectivity index (χ3v) is 2.64. The highest BCUT2D eigenvalue weighted by molar-refractivity contribution is 5.91. The summed E-state index contributed by atoms with van der Waals surface area (Å²) in [4.78, 5) is 4.10. The third-order valence-electron chi connectivity index (χ3n) is 2.64. The van der Waals surface area contributed by atoms with Crippen molar-refractivity contribution in [3.8, 4) is 11.3 Å². The highest BCUT2D eigenvalue weighted by atomic mass is 16.5. The zero-order valence-corrected chi connectivity index (χ0v) is 9.34. The minimum absolute atomic E-state index is 0.510. The van der Waals surface area contributed by atoms with Crippen LogP contribution in [0.25, 0.3) is 22.4 Å². The fraction of sp³-hybridized carbons (Fsp3) is 0.0769. The molecule has 0 bridgehead atoms. The van der Waals surface area contributed by atoms with Crippen LogP contribution in [0.4, 0.5) is 5.69 Å². The highest BCUT2D eigenvalue weighted by Crippen LogP contribution is 2.28. The number of benzene rings is 1. The second kappa shape index (κ2) is 3.59. The van der Waals surface area contributed by atoms with Crippen LogP contribution in [-0.2, 0) is 0 Å². The van der Waals surface area contributed by atoms with Crippen LogP contribution in [0.1, 0.15) is 5.56 Å². The van der Waals surface area contributed by atoms with Crippen molar-refractivity contribution in [2.75, 3.05) is 5.73 Å². The zero-order chi connectivity index (χ0) is 11.8. The maximum absolute atomic E-state index is 5.73. The van der Waals surface area contributed by atoms with Gasteiger partial charge in [-0.1, -0.05) is 28.9 Å². The molecule has 2 aromatic heterocycles. The first-order valence-electron chi connectivity index (χ1n) is 5.32. The van der Waals surface area contributed by atoms with Gasteiger partial charge in [0.2, 0.25) is 0 Å². The second-order valence-corrected chi connectivity index (χ2v) is 4.02. The van der Waals surface area contributed by atoms with E-state index in [1.807, 2.05) is 31.2 Å². The molecule has 0 radical (unpaired) electrons. The molecule has 0 spiro atoms. The van der Waals surface area contributed by atoms with Gasteiger partial charge in [-0.3, -0.25) is 0 Å². The molecule has 17 heavy (non-hydrogen) atoms. The first-order chi connectivity index (χ1) is 8.24. The number of nitrogen functional groups attached to an aromatic ring is 1. The van der Waals surface area contributed by atoms with Crippen molar-refractivity contribution in [3.05, 3.63) is 42.1 Å². The molecule has 1 aromatic carbocycles. The van der Waals surface area contributed by atoms with E-state index < -0.39 is 0 Å². The molecule has 4 nitrogen and oxygen atoms in total. The van der Waals surface area contributed by atoms with Crippen molar-refractivity contribution in [1.82, 2.24) is 10.1 Å². The van der Waals surface area contributed by atoms with Crippen molar-refractivity contribution < 1.29 is 4.52 Å². The molecule has 0 aliphatic carbocycles. The van der Waals surface area contributed by atoms with Crippen molar-refractivity contribution in [1.29, 1.82) is 0 Å². The van der Waals surface area contributed by atoms with Gasteiger partial charge in [0.05, 0.1) is 17.3 Å². The van der Waals surface area contributed by atoms with Crippen molar-refractivity contribution in [2.45, 2.75) is 6.92 Å². The summed E-state index contributed by atoms with van der Waals surface area (Å²) in [6, 6.07) is 9.91. The highest BCUT2D eigenvalue weighted by Gasteiger charge is 2.11. The van der Waals surface area contributed by atoms with Crippen LogP contribution in [0.15, 0.2) is 41.1 Å². The predicted octanol–water partition coefficient (Wildman–Crippen LogP) is 2.78. The van der Waals surface area contributed by atoms with Crippen LogP contribution < -0.4 is 5.73 Å². The van der Waals surface area contributed by atoms with Gasteiger partial charge in [-0.05, 0) is 19.1 Å². The largest absolute Gasteiger partial charge is 0.397 e. The van der Waals surface area contributed by atoms with Gasteiger partial charge in [-0.2, -0.15) is 0 Å². The summed E-state index contributed by atoms with van der Waals surface area (Å²) in [6.07, 6.45) is 1.56. The van der Waals surface area contributed by atoms with Crippen LogP contribution in [0.2, 0.25) is 0 Å². The molecule has 2 heterocycles. The van der Waals surface area contributed by atoms with Gasteiger partial charge in [0.25, 0.3) is 5.71 Å². The number of hydrogen-bond donors (Lipinski definition) is 1. The lowest BCUT2D eigenvalue weighted by atomic mass is 10.1. The number of fused-ring (bicyclic) bond motifs is 1. The van der Waals surface area contributed by atoms with Crippen LogP contribution in [0.3, 0.4) is 0 Å². The van der Waals surface area contributed by atoms with Crippen LogP contribution in [0, 0.1) is 6.92 Å². The molecule has 0 saturated heterocycles. The summed E-state index contributed by atoms with van der Waals surface area (Å²) >= 11 is 0. The van der Waals surface area contributed by atoms with E-state index in [0.29, 0.717) is 11.4 Å². The SMILES string of the molecule is Cc1cccc(-c2noc3ncc(N)cc23)c1. The summed E-state index contributed by atoms with van der Waals surface area (Å²) in [5.41, 5.74) is 9.81. The molecule has 2 N–H and O–H groups in total. The van der Waals surface area contributed by atoms with Gasteiger partial charge in [0.15, 0.2) is 0 Å². The molecule has 0 aliphatic rings. The maximum atomic E-state index is 5.73. The molecule has 4 heteroatoms. The zero-order valence-electron chi connectivity index (χ0n) is 9.34. The van der Waals surface area contributed by atoms with E-state index in [0.717, 1.165) is 16.6 Å². The number of rotatable bonds is 1. The van der Waals surface area contributed by atoms with Crippen molar-refractivity contribution >= 4 is 16.8 Å². The summed E-state index contributed by atoms with van der Waals surface area (Å²) in [7, 11) is 0. The molecular weight excluding hydrogens is 214 g/mol. The van der Waals surface area contributed by atoms with Gasteiger partial charge in [0.1, 0.15) is 5.69 Å². The number of aromatic nitrogens is 2. The van der Waals surface area contributed by atoms with Crippen LogP contribution in [0.5, 0.6) is 0 Å². The second-order valence-electron chi connectivity index (χ2n) is 4.02. The Morgan fingerprint density at radius 3 is 2.94 bits per heavy atom. The van der Waals surface area contributed by atoms with Gasteiger partial charge >= 0.3 is 0 Å². The van der Waals surface area contributed by atoms with Gasteiger partial charge < -0.3 is 10.3 Å². The van der Waals surface area contributed by atoms with Crippen molar-refractivity contribution in [3.63, 3.8) is 0 Å². The summed E-state index contributed by atoms with van der Waals surface area (Å²) in [6.45, 7) is 2.04. The molecule has 0 unspecified atom stereocenters. The van der Waals surface area contributed by atoms with Gasteiger partial charge in [0, 0.05) is 5.56 Å². The Balaban J connectivity index is 2.27. The molecule has 0 fully saturated rings. The summed E-state index contributed by atoms with van der Waals surface area (Å²) < 4.78 is 5.18. The minimum atomic E-state index is 0.510. The first kappa shape index (κ1) is 9.84. The molecule has 84 valence electrons. The number of aryl methyl sites for hydroxylation is 1. The number of pyridine rings is 1. The van der Waals surface area contributed by atoms with E-state index in [4.69, 9.17) is 10.3 Å². The first-order valence-corrected chi connectivity index (χ1v) is 5.32. The molecule has 3 rings (SSSR count). The fourth-order valence-corrected chi connectivity index (χ4v) is 1.85. The average Bonchev–Trinajstić information content (AvgIpc) is 2.71. The molecule has 0 aliphatic heterocycles. The van der Waals surface area contributed by atoms with Gasteiger partial charge in [-0.15, -0.1) is 0 Å². The normalized spacial score (nSPS) is 10.9. The van der Waals surface area contributed by atoms with Gasteiger partial charge in [-0.25, -0.2) is 4.98 Å². The Kier molecular flexibility index (Phi) is 2.08. The Hall–Kier alpha value is -2.36. The predicted molar refractivity (Wildman–Crippen MR) is 66.4 cm³/mol. The van der Waals surface area contributed by atoms with E-state index in [1.165, 1.54) is 5.56 Å². The Bertz CT molecular complexity index is 688. The number of hydrogen-bond acceptors (Lipinski definition) is 4.